The zero-order chi connectivity index (χ0) is 19.7. The summed E-state index contributed by atoms with van der Waals surface area (Å²) in [7, 11) is 0. The van der Waals surface area contributed by atoms with Crippen molar-refractivity contribution < 1.29 is 13.2 Å². The summed E-state index contributed by atoms with van der Waals surface area (Å²) < 4.78 is 38.4. The number of hydrogen-bond donors (Lipinski definition) is 1. The van der Waals surface area contributed by atoms with Crippen molar-refractivity contribution in [2.75, 3.05) is 5.32 Å². The van der Waals surface area contributed by atoms with Crippen molar-refractivity contribution >= 4 is 22.4 Å². The molecule has 5 nitrogen and oxygen atoms in total. The van der Waals surface area contributed by atoms with Crippen LogP contribution in [0.5, 0.6) is 0 Å². The molecule has 1 N–H and O–H groups in total. The van der Waals surface area contributed by atoms with Gasteiger partial charge in [0.15, 0.2) is 0 Å². The van der Waals surface area contributed by atoms with Gasteiger partial charge in [-0.15, -0.1) is 0 Å². The minimum Gasteiger partial charge on any atom is -0.343 e. The zero-order valence-corrected chi connectivity index (χ0v) is 15.2. The summed E-state index contributed by atoms with van der Waals surface area (Å²) in [5, 5.41) is 3.27. The van der Waals surface area contributed by atoms with Crippen LogP contribution < -0.4 is 5.32 Å². The van der Waals surface area contributed by atoms with Gasteiger partial charge in [-0.3, -0.25) is 0 Å². The Labute approximate surface area is 159 Å². The lowest BCUT2D eigenvalue weighted by Gasteiger charge is -2.18. The highest BCUT2D eigenvalue weighted by Crippen LogP contribution is 2.32. The second-order valence-electron chi connectivity index (χ2n) is 6.77. The molecule has 0 saturated heterocycles. The number of aromatic nitrogens is 4. The number of halogens is 3. The van der Waals surface area contributed by atoms with Crippen LogP contribution >= 0.6 is 0 Å². The fourth-order valence-corrected chi connectivity index (χ4v) is 3.23. The van der Waals surface area contributed by atoms with Crippen molar-refractivity contribution in [2.45, 2.75) is 38.4 Å². The second-order valence-corrected chi connectivity index (χ2v) is 6.77. The standard InChI is InChI=1S/C20H18F3N5/c1-12(20(21,22)23)27-19-25-10-16-15(4-2-3-5-18(16)28-19)13-6-7-17-14(8-13)9-24-11-26-17/h4,6-12H,2-3,5H2,1H3,(H,25,27,28)/t12-/m1/s1. The van der Waals surface area contributed by atoms with E-state index in [1.54, 1.807) is 12.4 Å². The molecule has 3 aromatic rings. The molecular weight excluding hydrogens is 367 g/mol. The van der Waals surface area contributed by atoms with Crippen molar-refractivity contribution in [2.24, 2.45) is 0 Å². The molecule has 2 aromatic heterocycles. The van der Waals surface area contributed by atoms with E-state index >= 15 is 0 Å². The van der Waals surface area contributed by atoms with Gasteiger partial charge in [0, 0.05) is 23.3 Å². The first-order valence-corrected chi connectivity index (χ1v) is 9.01. The fourth-order valence-electron chi connectivity index (χ4n) is 3.23. The van der Waals surface area contributed by atoms with Gasteiger partial charge in [0.05, 0.1) is 11.2 Å². The molecule has 0 spiro atoms. The SMILES string of the molecule is C[C@@H](Nc1ncc2c(n1)CCCC=C2c1ccc2ncncc2c1)C(F)(F)F. The Hall–Kier alpha value is -3.03. The maximum atomic E-state index is 12.8. The summed E-state index contributed by atoms with van der Waals surface area (Å²) in [6, 6.07) is 4.20. The number of anilines is 1. The summed E-state index contributed by atoms with van der Waals surface area (Å²) in [6.07, 6.45) is 5.06. The van der Waals surface area contributed by atoms with E-state index < -0.39 is 12.2 Å². The second kappa shape index (κ2) is 7.18. The van der Waals surface area contributed by atoms with Crippen LogP contribution in [0.25, 0.3) is 16.5 Å². The number of aryl methyl sites for hydroxylation is 1. The Balaban J connectivity index is 1.70. The van der Waals surface area contributed by atoms with Crippen LogP contribution in [0.2, 0.25) is 0 Å². The number of hydrogen-bond acceptors (Lipinski definition) is 5. The first-order chi connectivity index (χ1) is 13.4. The number of nitrogens with one attached hydrogen (secondary N) is 1. The molecule has 144 valence electrons. The van der Waals surface area contributed by atoms with E-state index in [4.69, 9.17) is 0 Å². The normalized spacial score (nSPS) is 15.5. The Morgan fingerprint density at radius 2 is 2.00 bits per heavy atom. The number of alkyl halides is 3. The molecule has 0 bridgehead atoms. The van der Waals surface area contributed by atoms with Gasteiger partial charge in [0.25, 0.3) is 0 Å². The molecule has 8 heteroatoms. The summed E-state index contributed by atoms with van der Waals surface area (Å²) in [5.74, 6) is -0.00302. The number of allylic oxidation sites excluding steroid dienone is 1. The Bertz CT molecular complexity index is 1050. The lowest BCUT2D eigenvalue weighted by atomic mass is 9.97. The summed E-state index contributed by atoms with van der Waals surface area (Å²) in [5.41, 5.74) is 4.41. The highest BCUT2D eigenvalue weighted by atomic mass is 19.4. The predicted molar refractivity (Wildman–Crippen MR) is 101 cm³/mol. The van der Waals surface area contributed by atoms with E-state index in [-0.39, 0.29) is 5.95 Å². The van der Waals surface area contributed by atoms with E-state index in [2.05, 4.69) is 31.3 Å². The van der Waals surface area contributed by atoms with E-state index in [1.165, 1.54) is 6.33 Å². The molecule has 1 aliphatic carbocycles. The van der Waals surface area contributed by atoms with Crippen molar-refractivity contribution in [3.8, 4) is 0 Å². The van der Waals surface area contributed by atoms with E-state index in [1.807, 2.05) is 18.2 Å². The van der Waals surface area contributed by atoms with Gasteiger partial charge in [-0.25, -0.2) is 19.9 Å². The molecule has 1 aliphatic rings. The van der Waals surface area contributed by atoms with E-state index in [0.29, 0.717) is 6.42 Å². The minimum atomic E-state index is -4.35. The highest BCUT2D eigenvalue weighted by molar-refractivity contribution is 5.87. The molecule has 28 heavy (non-hydrogen) atoms. The molecule has 4 rings (SSSR count). The fraction of sp³-hybridized carbons (Fsp3) is 0.300. The molecule has 1 aromatic carbocycles. The van der Waals surface area contributed by atoms with Gasteiger partial charge >= 0.3 is 6.18 Å². The number of nitrogens with zero attached hydrogens (tertiary/aromatic N) is 4. The molecule has 0 fully saturated rings. The molecule has 0 saturated carbocycles. The summed E-state index contributed by atoms with van der Waals surface area (Å²) >= 11 is 0. The third kappa shape index (κ3) is 3.67. The molecule has 0 amide bonds. The largest absolute Gasteiger partial charge is 0.408 e. The molecule has 0 aliphatic heterocycles. The maximum absolute atomic E-state index is 12.8. The van der Waals surface area contributed by atoms with Crippen molar-refractivity contribution in [1.29, 1.82) is 0 Å². The quantitative estimate of drug-likeness (QED) is 0.717. The van der Waals surface area contributed by atoms with Crippen molar-refractivity contribution in [1.82, 2.24) is 19.9 Å². The molecular formula is C20H18F3N5. The molecule has 0 unspecified atom stereocenters. The third-order valence-electron chi connectivity index (χ3n) is 4.78. The average molecular weight is 385 g/mol. The molecule has 2 heterocycles. The van der Waals surface area contributed by atoms with E-state index in [9.17, 15) is 13.2 Å². The van der Waals surface area contributed by atoms with Gasteiger partial charge in [-0.2, -0.15) is 13.2 Å². The number of benzene rings is 1. The highest BCUT2D eigenvalue weighted by Gasteiger charge is 2.36. The monoisotopic (exact) mass is 385 g/mol. The van der Waals surface area contributed by atoms with Crippen molar-refractivity contribution in [3.05, 3.63) is 59.8 Å². The van der Waals surface area contributed by atoms with Gasteiger partial charge < -0.3 is 5.32 Å². The van der Waals surface area contributed by atoms with Gasteiger partial charge in [-0.1, -0.05) is 12.1 Å². The van der Waals surface area contributed by atoms with Crippen LogP contribution in [0.1, 0.15) is 36.6 Å². The summed E-state index contributed by atoms with van der Waals surface area (Å²) in [4.78, 5) is 16.8. The van der Waals surface area contributed by atoms with Crippen LogP contribution in [-0.2, 0) is 6.42 Å². The Morgan fingerprint density at radius 1 is 1.14 bits per heavy atom. The zero-order valence-electron chi connectivity index (χ0n) is 15.2. The third-order valence-corrected chi connectivity index (χ3v) is 4.78. The van der Waals surface area contributed by atoms with Gasteiger partial charge in [-0.05, 0) is 49.5 Å². The molecule has 1 atom stereocenters. The maximum Gasteiger partial charge on any atom is 0.408 e. The van der Waals surface area contributed by atoms with Gasteiger partial charge in [0.2, 0.25) is 5.95 Å². The first kappa shape index (κ1) is 18.3. The summed E-state index contributed by atoms with van der Waals surface area (Å²) in [6.45, 7) is 1.05. The lowest BCUT2D eigenvalue weighted by Crippen LogP contribution is -2.33. The van der Waals surface area contributed by atoms with Crippen molar-refractivity contribution in [3.63, 3.8) is 0 Å². The van der Waals surface area contributed by atoms with Crippen LogP contribution in [0.3, 0.4) is 0 Å². The minimum absolute atomic E-state index is 0.00302. The topological polar surface area (TPSA) is 63.6 Å². The first-order valence-electron chi connectivity index (χ1n) is 9.01. The van der Waals surface area contributed by atoms with Crippen LogP contribution in [0.4, 0.5) is 19.1 Å². The van der Waals surface area contributed by atoms with E-state index in [0.717, 1.165) is 53.1 Å². The van der Waals surface area contributed by atoms with Crippen LogP contribution in [-0.4, -0.2) is 32.2 Å². The number of rotatable bonds is 3. The average Bonchev–Trinajstić information content (AvgIpc) is 2.89. The smallest absolute Gasteiger partial charge is 0.343 e. The Kier molecular flexibility index (Phi) is 4.70. The molecule has 0 radical (unpaired) electrons. The lowest BCUT2D eigenvalue weighted by molar-refractivity contribution is -0.138. The Morgan fingerprint density at radius 3 is 2.82 bits per heavy atom. The van der Waals surface area contributed by atoms with Crippen LogP contribution in [0.15, 0.2) is 43.0 Å². The number of fused-ring (bicyclic) bond motifs is 2. The predicted octanol–water partition coefficient (Wildman–Crippen LogP) is 4.55. The van der Waals surface area contributed by atoms with Gasteiger partial charge in [0.1, 0.15) is 12.4 Å². The van der Waals surface area contributed by atoms with Crippen LogP contribution in [0, 0.1) is 0 Å².